The number of aryl methyl sites for hydroxylation is 1. The summed E-state index contributed by atoms with van der Waals surface area (Å²) in [4.78, 5) is 66.7. The number of esters is 3. The zero-order valence-electron chi connectivity index (χ0n) is 23.1. The number of H-pyrrole nitrogens is 1. The van der Waals surface area contributed by atoms with Crippen LogP contribution in [0.1, 0.15) is 49.9 Å². The summed E-state index contributed by atoms with van der Waals surface area (Å²) >= 11 is 0. The van der Waals surface area contributed by atoms with Crippen LogP contribution < -0.4 is 11.2 Å². The normalized spacial score (nSPS) is 19.4. The van der Waals surface area contributed by atoms with E-state index in [1.165, 1.54) is 6.07 Å². The predicted octanol–water partition coefficient (Wildman–Crippen LogP) is 3.30. The van der Waals surface area contributed by atoms with Gasteiger partial charge in [-0.05, 0) is 42.8 Å². The third-order valence-corrected chi connectivity index (χ3v) is 6.85. The highest BCUT2D eigenvalue weighted by atomic mass is 16.7. The highest BCUT2D eigenvalue weighted by molar-refractivity contribution is 5.91. The van der Waals surface area contributed by atoms with Crippen LogP contribution in [0.3, 0.4) is 0 Å². The standard InChI is InChI=1S/C32H28N2O9/c1-2-23-18-25(35)33-32(39)34(23)28-27(43-31(38)22-16-10-5-11-17-22)26(42-30(37)21-14-8-4-9-15-21)24(41-28)19-40-29(36)20-12-6-3-7-13-20/h3-18,24,26-28H,2,19H2,1H3,(H,33,35,39)/t24-,26-,27+,28+/m1/s1. The molecule has 0 radical (unpaired) electrons. The summed E-state index contributed by atoms with van der Waals surface area (Å²) in [6.07, 6.45) is -4.96. The minimum Gasteiger partial charge on any atom is -0.459 e. The van der Waals surface area contributed by atoms with Gasteiger partial charge in [-0.25, -0.2) is 19.2 Å². The number of aromatic nitrogens is 2. The average molecular weight is 585 g/mol. The monoisotopic (exact) mass is 584 g/mol. The van der Waals surface area contributed by atoms with Crippen molar-refractivity contribution in [3.63, 3.8) is 0 Å². The molecule has 1 aliphatic heterocycles. The number of hydrogen-bond acceptors (Lipinski definition) is 9. The van der Waals surface area contributed by atoms with Crippen LogP contribution in [0.4, 0.5) is 0 Å². The molecule has 43 heavy (non-hydrogen) atoms. The number of benzene rings is 3. The summed E-state index contributed by atoms with van der Waals surface area (Å²) in [6, 6.07) is 25.7. The van der Waals surface area contributed by atoms with Crippen molar-refractivity contribution < 1.29 is 33.3 Å². The van der Waals surface area contributed by atoms with Gasteiger partial charge in [0.1, 0.15) is 12.7 Å². The molecule has 1 saturated heterocycles. The van der Waals surface area contributed by atoms with E-state index in [2.05, 4.69) is 4.98 Å². The summed E-state index contributed by atoms with van der Waals surface area (Å²) in [5.74, 6) is -2.17. The molecule has 4 atom stereocenters. The maximum atomic E-state index is 13.3. The molecule has 3 aromatic carbocycles. The Bertz CT molecular complexity index is 1700. The SMILES string of the molecule is CCc1cc(=O)[nH]c(=O)n1[C@H]1O[C@H](COC(=O)c2ccccc2)[C@@H](OC(=O)c2ccccc2)[C@@H]1OC(=O)c1ccccc1. The van der Waals surface area contributed by atoms with Crippen LogP contribution in [0.5, 0.6) is 0 Å². The van der Waals surface area contributed by atoms with Crippen LogP contribution in [0, 0.1) is 0 Å². The highest BCUT2D eigenvalue weighted by Crippen LogP contribution is 2.35. The number of carbonyl (C=O) groups excluding carboxylic acids is 3. The number of rotatable bonds is 9. The Kier molecular flexibility index (Phi) is 8.92. The van der Waals surface area contributed by atoms with Gasteiger partial charge in [-0.2, -0.15) is 0 Å². The number of carbonyl (C=O) groups is 3. The van der Waals surface area contributed by atoms with Crippen LogP contribution in [-0.2, 0) is 25.4 Å². The Labute approximate surface area is 245 Å². The summed E-state index contributed by atoms with van der Waals surface area (Å²) in [6.45, 7) is 1.33. The van der Waals surface area contributed by atoms with Crippen LogP contribution in [0.2, 0.25) is 0 Å². The molecule has 4 aromatic rings. The Morgan fingerprint density at radius 2 is 1.23 bits per heavy atom. The van der Waals surface area contributed by atoms with Gasteiger partial charge in [0.25, 0.3) is 5.56 Å². The fraction of sp³-hybridized carbons (Fsp3) is 0.219. The Morgan fingerprint density at radius 3 is 1.74 bits per heavy atom. The van der Waals surface area contributed by atoms with Gasteiger partial charge < -0.3 is 18.9 Å². The lowest BCUT2D eigenvalue weighted by atomic mass is 10.1. The van der Waals surface area contributed by atoms with Crippen molar-refractivity contribution in [1.82, 2.24) is 9.55 Å². The molecule has 0 unspecified atom stereocenters. The highest BCUT2D eigenvalue weighted by Gasteiger charge is 2.52. The molecule has 1 N–H and O–H groups in total. The first-order valence-electron chi connectivity index (χ1n) is 13.6. The number of ether oxygens (including phenoxy) is 4. The minimum atomic E-state index is -1.38. The fourth-order valence-electron chi connectivity index (χ4n) is 4.77. The quantitative estimate of drug-likeness (QED) is 0.232. The average Bonchev–Trinajstić information content (AvgIpc) is 3.36. The Balaban J connectivity index is 1.54. The fourth-order valence-corrected chi connectivity index (χ4v) is 4.77. The van der Waals surface area contributed by atoms with E-state index in [-0.39, 0.29) is 28.8 Å². The van der Waals surface area contributed by atoms with E-state index in [1.807, 2.05) is 0 Å². The molecule has 5 rings (SSSR count). The number of nitrogens with zero attached hydrogens (tertiary/aromatic N) is 1. The van der Waals surface area contributed by atoms with E-state index in [1.54, 1.807) is 97.9 Å². The van der Waals surface area contributed by atoms with Gasteiger partial charge in [0.2, 0.25) is 0 Å². The first-order chi connectivity index (χ1) is 20.9. The second kappa shape index (κ2) is 13.1. The van der Waals surface area contributed by atoms with E-state index < -0.39 is 60.3 Å². The lowest BCUT2D eigenvalue weighted by molar-refractivity contribution is -0.0650. The van der Waals surface area contributed by atoms with Gasteiger partial charge in [-0.1, -0.05) is 61.5 Å². The smallest absolute Gasteiger partial charge is 0.338 e. The first-order valence-corrected chi connectivity index (χ1v) is 13.6. The zero-order chi connectivity index (χ0) is 30.3. The molecule has 1 fully saturated rings. The minimum absolute atomic E-state index is 0.206. The van der Waals surface area contributed by atoms with E-state index >= 15 is 0 Å². The maximum absolute atomic E-state index is 13.3. The van der Waals surface area contributed by atoms with Crippen molar-refractivity contribution in [2.45, 2.75) is 37.9 Å². The third-order valence-electron chi connectivity index (χ3n) is 6.85. The van der Waals surface area contributed by atoms with Gasteiger partial charge in [0, 0.05) is 11.8 Å². The molecule has 2 heterocycles. The summed E-state index contributed by atoms with van der Waals surface area (Å²) < 4.78 is 24.6. The van der Waals surface area contributed by atoms with E-state index in [0.29, 0.717) is 0 Å². The molecule has 0 aliphatic carbocycles. The lowest BCUT2D eigenvalue weighted by Gasteiger charge is -2.26. The molecule has 1 aromatic heterocycles. The molecule has 11 nitrogen and oxygen atoms in total. The summed E-state index contributed by atoms with van der Waals surface area (Å²) in [7, 11) is 0. The lowest BCUT2D eigenvalue weighted by Crippen LogP contribution is -2.43. The van der Waals surface area contributed by atoms with Crippen molar-refractivity contribution in [2.24, 2.45) is 0 Å². The third kappa shape index (κ3) is 6.62. The molecule has 1 aliphatic rings. The summed E-state index contributed by atoms with van der Waals surface area (Å²) in [5.41, 5.74) is -0.437. The van der Waals surface area contributed by atoms with Gasteiger partial charge in [0.15, 0.2) is 18.4 Å². The van der Waals surface area contributed by atoms with Gasteiger partial charge >= 0.3 is 23.6 Å². The second-order valence-corrected chi connectivity index (χ2v) is 9.66. The number of nitrogens with one attached hydrogen (secondary N) is 1. The Hall–Kier alpha value is -5.29. The number of hydrogen-bond donors (Lipinski definition) is 1. The molecule has 0 spiro atoms. The molecular formula is C32H28N2O9. The van der Waals surface area contributed by atoms with Gasteiger partial charge in [-0.3, -0.25) is 14.3 Å². The maximum Gasteiger partial charge on any atom is 0.338 e. The van der Waals surface area contributed by atoms with E-state index in [4.69, 9.17) is 18.9 Å². The van der Waals surface area contributed by atoms with Gasteiger partial charge in [0.05, 0.1) is 16.7 Å². The molecular weight excluding hydrogens is 556 g/mol. The summed E-state index contributed by atoms with van der Waals surface area (Å²) in [5, 5.41) is 0. The second-order valence-electron chi connectivity index (χ2n) is 9.66. The number of aromatic amines is 1. The molecule has 11 heteroatoms. The Morgan fingerprint density at radius 1 is 0.744 bits per heavy atom. The molecule has 0 amide bonds. The molecule has 0 bridgehead atoms. The van der Waals surface area contributed by atoms with Crippen LogP contribution >= 0.6 is 0 Å². The molecule has 0 saturated carbocycles. The first kappa shape index (κ1) is 29.2. The van der Waals surface area contributed by atoms with Crippen LogP contribution in [0.15, 0.2) is 107 Å². The van der Waals surface area contributed by atoms with Crippen molar-refractivity contribution in [2.75, 3.05) is 6.61 Å². The van der Waals surface area contributed by atoms with Gasteiger partial charge in [-0.15, -0.1) is 0 Å². The predicted molar refractivity (Wildman–Crippen MR) is 153 cm³/mol. The topological polar surface area (TPSA) is 143 Å². The van der Waals surface area contributed by atoms with Crippen molar-refractivity contribution in [1.29, 1.82) is 0 Å². The van der Waals surface area contributed by atoms with E-state index in [0.717, 1.165) is 4.57 Å². The van der Waals surface area contributed by atoms with Crippen molar-refractivity contribution in [3.05, 3.63) is 140 Å². The van der Waals surface area contributed by atoms with E-state index in [9.17, 15) is 24.0 Å². The zero-order valence-corrected chi connectivity index (χ0v) is 23.1. The van der Waals surface area contributed by atoms with Crippen molar-refractivity contribution >= 4 is 17.9 Å². The van der Waals surface area contributed by atoms with Crippen LogP contribution in [-0.4, -0.2) is 52.4 Å². The van der Waals surface area contributed by atoms with Crippen molar-refractivity contribution in [3.8, 4) is 0 Å². The molecule has 220 valence electrons. The van der Waals surface area contributed by atoms with Crippen LogP contribution in [0.25, 0.3) is 0 Å². The largest absolute Gasteiger partial charge is 0.459 e.